The summed E-state index contributed by atoms with van der Waals surface area (Å²) in [5, 5.41) is 4.18. The van der Waals surface area contributed by atoms with Crippen molar-refractivity contribution in [3.8, 4) is 0 Å². The first-order valence-electron chi connectivity index (χ1n) is 6.53. The highest BCUT2D eigenvalue weighted by Gasteiger charge is 2.30. The third kappa shape index (κ3) is 4.47. The molecule has 0 aliphatic carbocycles. The molecule has 7 heteroatoms. The molecule has 2 atom stereocenters. The number of ether oxygens (including phenoxy) is 1. The number of carbonyl (C=O) groups is 1. The van der Waals surface area contributed by atoms with Gasteiger partial charge in [0.1, 0.15) is 6.04 Å². The highest BCUT2D eigenvalue weighted by Crippen LogP contribution is 2.26. The summed E-state index contributed by atoms with van der Waals surface area (Å²) in [6.45, 7) is 3.64. The Kier molecular flexibility index (Phi) is 7.24. The standard InChI is InChI=1S/C14H18Cl2N2O2.ClH/c1-9-13(17-6-7-20-9)14(19)18(2)8-10-4-3-5-11(15)12(10)16;/h3-5,9,13,17H,6-8H2,1-2H3;1H/t9-,13+;/m1./s1. The lowest BCUT2D eigenvalue weighted by atomic mass is 10.1. The molecule has 1 aromatic carbocycles. The number of rotatable bonds is 3. The van der Waals surface area contributed by atoms with Gasteiger partial charge >= 0.3 is 0 Å². The number of nitrogens with zero attached hydrogens (tertiary/aromatic N) is 1. The monoisotopic (exact) mass is 352 g/mol. The molecule has 1 aromatic rings. The summed E-state index contributed by atoms with van der Waals surface area (Å²) in [4.78, 5) is 14.1. The van der Waals surface area contributed by atoms with Crippen molar-refractivity contribution >= 4 is 41.5 Å². The van der Waals surface area contributed by atoms with Gasteiger partial charge in [-0.2, -0.15) is 0 Å². The Labute approximate surface area is 141 Å². The van der Waals surface area contributed by atoms with Gasteiger partial charge in [0.15, 0.2) is 0 Å². The lowest BCUT2D eigenvalue weighted by molar-refractivity contribution is -0.138. The molecule has 0 aromatic heterocycles. The maximum atomic E-state index is 12.4. The molecule has 0 unspecified atom stereocenters. The van der Waals surface area contributed by atoms with Gasteiger partial charge in [-0.15, -0.1) is 12.4 Å². The van der Waals surface area contributed by atoms with Crippen molar-refractivity contribution in [3.05, 3.63) is 33.8 Å². The van der Waals surface area contributed by atoms with Crippen molar-refractivity contribution in [1.29, 1.82) is 0 Å². The minimum Gasteiger partial charge on any atom is -0.375 e. The van der Waals surface area contributed by atoms with E-state index in [1.165, 1.54) is 0 Å². The number of hydrogen-bond acceptors (Lipinski definition) is 3. The molecule has 1 heterocycles. The molecule has 0 bridgehead atoms. The van der Waals surface area contributed by atoms with Gasteiger partial charge in [-0.1, -0.05) is 35.3 Å². The summed E-state index contributed by atoms with van der Waals surface area (Å²) in [6.07, 6.45) is -0.131. The second kappa shape index (κ2) is 8.20. The van der Waals surface area contributed by atoms with Crippen LogP contribution < -0.4 is 5.32 Å². The lowest BCUT2D eigenvalue weighted by Gasteiger charge is -2.32. The number of nitrogens with one attached hydrogen (secondary N) is 1. The number of halogens is 3. The third-order valence-electron chi connectivity index (χ3n) is 3.40. The minimum atomic E-state index is -0.313. The molecule has 1 N–H and O–H groups in total. The molecule has 1 fully saturated rings. The van der Waals surface area contributed by atoms with Crippen LogP contribution in [0, 0.1) is 0 Å². The fraction of sp³-hybridized carbons (Fsp3) is 0.500. The number of carbonyl (C=O) groups excluding carboxylic acids is 1. The molecule has 0 saturated carbocycles. The lowest BCUT2D eigenvalue weighted by Crippen LogP contribution is -2.55. The number of benzene rings is 1. The molecular weight excluding hydrogens is 335 g/mol. The summed E-state index contributed by atoms with van der Waals surface area (Å²) < 4.78 is 5.50. The Morgan fingerprint density at radius 1 is 1.48 bits per heavy atom. The summed E-state index contributed by atoms with van der Waals surface area (Å²) in [5.41, 5.74) is 0.833. The Bertz CT molecular complexity index is 499. The van der Waals surface area contributed by atoms with Gasteiger partial charge in [-0.3, -0.25) is 4.79 Å². The van der Waals surface area contributed by atoms with Gasteiger partial charge in [-0.05, 0) is 18.6 Å². The molecule has 1 saturated heterocycles. The minimum absolute atomic E-state index is 0. The smallest absolute Gasteiger partial charge is 0.242 e. The predicted molar refractivity (Wildman–Crippen MR) is 87.4 cm³/mol. The topological polar surface area (TPSA) is 41.6 Å². The van der Waals surface area contributed by atoms with E-state index in [0.29, 0.717) is 29.7 Å². The Hall–Kier alpha value is -0.520. The van der Waals surface area contributed by atoms with E-state index in [-0.39, 0.29) is 30.5 Å². The third-order valence-corrected chi connectivity index (χ3v) is 4.26. The summed E-state index contributed by atoms with van der Waals surface area (Å²) in [7, 11) is 1.75. The first-order valence-corrected chi connectivity index (χ1v) is 7.29. The molecule has 118 valence electrons. The van der Waals surface area contributed by atoms with Crippen LogP contribution in [0.1, 0.15) is 12.5 Å². The van der Waals surface area contributed by atoms with Crippen molar-refractivity contribution in [2.45, 2.75) is 25.6 Å². The zero-order valence-electron chi connectivity index (χ0n) is 11.9. The average Bonchev–Trinajstić information content (AvgIpc) is 2.43. The van der Waals surface area contributed by atoms with Crippen LogP contribution in [-0.4, -0.2) is 43.2 Å². The van der Waals surface area contributed by atoms with Crippen LogP contribution in [0.5, 0.6) is 0 Å². The first kappa shape index (κ1) is 18.5. The van der Waals surface area contributed by atoms with Gasteiger partial charge in [0, 0.05) is 20.1 Å². The zero-order valence-corrected chi connectivity index (χ0v) is 14.3. The molecular formula is C14H19Cl3N2O2. The Balaban J connectivity index is 0.00000220. The molecule has 2 rings (SSSR count). The van der Waals surface area contributed by atoms with E-state index in [4.69, 9.17) is 27.9 Å². The van der Waals surface area contributed by atoms with Gasteiger partial charge in [0.2, 0.25) is 5.91 Å². The van der Waals surface area contributed by atoms with Gasteiger partial charge < -0.3 is 15.0 Å². The SMILES string of the molecule is C[C@H]1OCCN[C@@H]1C(=O)N(C)Cc1cccc(Cl)c1Cl.Cl. The van der Waals surface area contributed by atoms with E-state index in [1.54, 1.807) is 18.0 Å². The maximum Gasteiger partial charge on any atom is 0.242 e. The van der Waals surface area contributed by atoms with Crippen LogP contribution in [0.3, 0.4) is 0 Å². The number of hydrogen-bond donors (Lipinski definition) is 1. The van der Waals surface area contributed by atoms with Gasteiger partial charge in [0.05, 0.1) is 22.8 Å². The molecule has 1 aliphatic rings. The fourth-order valence-corrected chi connectivity index (χ4v) is 2.63. The molecule has 1 amide bonds. The Morgan fingerprint density at radius 3 is 2.86 bits per heavy atom. The molecule has 4 nitrogen and oxygen atoms in total. The summed E-state index contributed by atoms with van der Waals surface area (Å²) in [5.74, 6) is -0.00626. The van der Waals surface area contributed by atoms with Crippen LogP contribution in [0.25, 0.3) is 0 Å². The van der Waals surface area contributed by atoms with Crippen molar-refractivity contribution < 1.29 is 9.53 Å². The quantitative estimate of drug-likeness (QED) is 0.908. The normalized spacial score (nSPS) is 21.5. The van der Waals surface area contributed by atoms with Crippen LogP contribution in [0.2, 0.25) is 10.0 Å². The van der Waals surface area contributed by atoms with Crippen LogP contribution >= 0.6 is 35.6 Å². The summed E-state index contributed by atoms with van der Waals surface area (Å²) in [6, 6.07) is 5.11. The largest absolute Gasteiger partial charge is 0.375 e. The van der Waals surface area contributed by atoms with Crippen molar-refractivity contribution in [2.24, 2.45) is 0 Å². The fourth-order valence-electron chi connectivity index (χ4n) is 2.25. The second-order valence-electron chi connectivity index (χ2n) is 4.91. The van der Waals surface area contributed by atoms with Crippen LogP contribution in [0.15, 0.2) is 18.2 Å². The maximum absolute atomic E-state index is 12.4. The van der Waals surface area contributed by atoms with Crippen LogP contribution in [-0.2, 0) is 16.1 Å². The van der Waals surface area contributed by atoms with E-state index in [9.17, 15) is 4.79 Å². The van der Waals surface area contributed by atoms with E-state index in [2.05, 4.69) is 5.32 Å². The second-order valence-corrected chi connectivity index (χ2v) is 5.70. The van der Waals surface area contributed by atoms with Crippen molar-refractivity contribution in [1.82, 2.24) is 10.2 Å². The molecule has 21 heavy (non-hydrogen) atoms. The van der Waals surface area contributed by atoms with E-state index >= 15 is 0 Å². The average molecular weight is 354 g/mol. The summed E-state index contributed by atoms with van der Waals surface area (Å²) >= 11 is 12.1. The van der Waals surface area contributed by atoms with E-state index in [0.717, 1.165) is 5.56 Å². The highest BCUT2D eigenvalue weighted by atomic mass is 35.5. The van der Waals surface area contributed by atoms with Gasteiger partial charge in [0.25, 0.3) is 0 Å². The van der Waals surface area contributed by atoms with Crippen LogP contribution in [0.4, 0.5) is 0 Å². The number of likely N-dealkylation sites (N-methyl/N-ethyl adjacent to an activating group) is 1. The van der Waals surface area contributed by atoms with E-state index in [1.807, 2.05) is 19.1 Å². The van der Waals surface area contributed by atoms with Crippen molar-refractivity contribution in [3.63, 3.8) is 0 Å². The molecule has 0 spiro atoms. The number of morpholine rings is 1. The highest BCUT2D eigenvalue weighted by molar-refractivity contribution is 6.42. The zero-order chi connectivity index (χ0) is 14.7. The first-order chi connectivity index (χ1) is 9.50. The molecule has 1 aliphatic heterocycles. The van der Waals surface area contributed by atoms with E-state index < -0.39 is 0 Å². The van der Waals surface area contributed by atoms with Crippen molar-refractivity contribution in [2.75, 3.05) is 20.2 Å². The Morgan fingerprint density at radius 2 is 2.19 bits per heavy atom. The predicted octanol–water partition coefficient (Wildman–Crippen LogP) is 2.75. The molecule has 0 radical (unpaired) electrons. The van der Waals surface area contributed by atoms with Gasteiger partial charge in [-0.25, -0.2) is 0 Å². The number of amides is 1.